The number of imidazole rings is 2. The number of fused-ring (bicyclic) bond motifs is 12. The quantitative estimate of drug-likeness (QED) is 0.131. The summed E-state index contributed by atoms with van der Waals surface area (Å²) in [6.07, 6.45) is 7.26. The van der Waals surface area contributed by atoms with E-state index in [1.807, 2.05) is 24.3 Å². The summed E-state index contributed by atoms with van der Waals surface area (Å²) in [5.41, 5.74) is 7.91. The van der Waals surface area contributed by atoms with Gasteiger partial charge in [0.15, 0.2) is 0 Å². The summed E-state index contributed by atoms with van der Waals surface area (Å²) in [5.74, 6) is -0.611. The maximum Gasteiger partial charge on any atom is 2.00 e. The van der Waals surface area contributed by atoms with Crippen molar-refractivity contribution in [3.8, 4) is 0 Å². The van der Waals surface area contributed by atoms with Crippen molar-refractivity contribution in [2.75, 3.05) is 0 Å². The molecule has 0 saturated carbocycles. The Morgan fingerprint density at radius 1 is 0.651 bits per heavy atom. The number of benzene rings is 4. The Morgan fingerprint density at radius 2 is 1.09 bits per heavy atom. The second-order valence-electron chi connectivity index (χ2n) is 10.9. The molecule has 0 aliphatic rings. The van der Waals surface area contributed by atoms with Crippen molar-refractivity contribution in [3.05, 3.63) is 119 Å². The number of rotatable bonds is 5. The molecule has 0 spiro atoms. The van der Waals surface area contributed by atoms with Crippen molar-refractivity contribution in [1.29, 1.82) is 0 Å². The summed E-state index contributed by atoms with van der Waals surface area (Å²) in [7, 11) is 0. The Bertz CT molecular complexity index is 2200. The van der Waals surface area contributed by atoms with Crippen molar-refractivity contribution in [3.63, 3.8) is 0 Å². The number of aryl methyl sites for hydroxylation is 4. The minimum absolute atomic E-state index is 0. The van der Waals surface area contributed by atoms with Crippen LogP contribution in [0.4, 0.5) is 8.78 Å². The van der Waals surface area contributed by atoms with E-state index in [9.17, 15) is 8.78 Å². The number of aromatic nitrogens is 4. The Hall–Kier alpha value is -4.15. The number of para-hydroxylation sites is 2. The van der Waals surface area contributed by atoms with E-state index in [1.54, 1.807) is 12.1 Å². The molecule has 0 aliphatic carbocycles. The van der Waals surface area contributed by atoms with Gasteiger partial charge in [0, 0.05) is 46.4 Å². The summed E-state index contributed by atoms with van der Waals surface area (Å²) in [5, 5.41) is 5.25. The SMILES string of the molecule is CCc1cccc2c3cc(F)c[c-]c3c3nc(CCc4cn5c(n4)c4[c-]cc(F)cc4c4cccc(CC)c45)cn3c12.[Pt+2]. The average molecular weight is 748 g/mol. The smallest absolute Gasteiger partial charge is 0.340 e. The van der Waals surface area contributed by atoms with Gasteiger partial charge in [0.1, 0.15) is 0 Å². The molecule has 0 saturated heterocycles. The van der Waals surface area contributed by atoms with E-state index >= 15 is 0 Å². The summed E-state index contributed by atoms with van der Waals surface area (Å²) >= 11 is 0. The molecular weight excluding hydrogens is 721 g/mol. The standard InChI is InChI=1S/C36H26F2N4.Pt/c1-3-21-7-5-9-27-31-17-23(37)11-15-29(31)35-39-25(19-41(35)33(21)27)13-14-26-20-42-34-22(4-2)8-6-10-28(34)32-18-24(38)12-16-30(32)36(42)40-26;/h5-12,17-20H,3-4,13-14H2,1-2H3;/q-2;+2. The van der Waals surface area contributed by atoms with Crippen molar-refractivity contribution >= 4 is 54.6 Å². The van der Waals surface area contributed by atoms with Gasteiger partial charge in [-0.1, -0.05) is 71.8 Å². The fourth-order valence-corrected chi connectivity index (χ4v) is 6.54. The predicted molar refractivity (Wildman–Crippen MR) is 164 cm³/mol. The summed E-state index contributed by atoms with van der Waals surface area (Å²) < 4.78 is 32.9. The Kier molecular flexibility index (Phi) is 6.78. The number of halogens is 2. The van der Waals surface area contributed by atoms with Crippen LogP contribution in [-0.4, -0.2) is 18.8 Å². The van der Waals surface area contributed by atoms with Crippen LogP contribution in [-0.2, 0) is 46.7 Å². The molecule has 4 aromatic carbocycles. The molecule has 4 aromatic heterocycles. The van der Waals surface area contributed by atoms with Crippen LogP contribution in [0.15, 0.2) is 73.1 Å². The van der Waals surface area contributed by atoms with Crippen LogP contribution >= 0.6 is 0 Å². The monoisotopic (exact) mass is 747 g/mol. The molecular formula is C36H26F2N4Pt. The molecule has 8 rings (SSSR count). The Morgan fingerprint density at radius 3 is 1.51 bits per heavy atom. The number of hydrogen-bond donors (Lipinski definition) is 0. The van der Waals surface area contributed by atoms with Crippen LogP contribution in [0, 0.1) is 23.8 Å². The first-order valence-electron chi connectivity index (χ1n) is 14.4. The van der Waals surface area contributed by atoms with Crippen LogP contribution in [0.25, 0.3) is 54.6 Å². The minimum atomic E-state index is -0.306. The zero-order valence-electron chi connectivity index (χ0n) is 23.6. The summed E-state index contributed by atoms with van der Waals surface area (Å²) in [4.78, 5) is 10.1. The van der Waals surface area contributed by atoms with Crippen LogP contribution in [0.3, 0.4) is 0 Å². The third kappa shape index (κ3) is 4.26. The van der Waals surface area contributed by atoms with E-state index in [1.165, 1.54) is 23.3 Å². The van der Waals surface area contributed by atoms with Crippen molar-refractivity contribution in [2.24, 2.45) is 0 Å². The molecule has 0 aliphatic heterocycles. The largest absolute Gasteiger partial charge is 2.00 e. The minimum Gasteiger partial charge on any atom is -0.340 e. The molecule has 0 radical (unpaired) electrons. The van der Waals surface area contributed by atoms with Gasteiger partial charge in [0.05, 0.1) is 11.3 Å². The van der Waals surface area contributed by atoms with Gasteiger partial charge in [0.25, 0.3) is 0 Å². The van der Waals surface area contributed by atoms with Gasteiger partial charge in [-0.3, -0.25) is 18.7 Å². The van der Waals surface area contributed by atoms with E-state index in [0.29, 0.717) is 12.8 Å². The van der Waals surface area contributed by atoms with Gasteiger partial charge in [-0.25, -0.2) is 0 Å². The predicted octanol–water partition coefficient (Wildman–Crippen LogP) is 8.38. The normalized spacial score (nSPS) is 11.9. The molecule has 0 N–H and O–H groups in total. The third-order valence-corrected chi connectivity index (χ3v) is 8.47. The zero-order chi connectivity index (χ0) is 28.5. The topological polar surface area (TPSA) is 34.6 Å². The maximum atomic E-state index is 14.3. The zero-order valence-corrected chi connectivity index (χ0v) is 25.9. The molecule has 0 unspecified atom stereocenters. The average Bonchev–Trinajstić information content (AvgIpc) is 3.64. The Balaban J connectivity index is 0.00000300. The molecule has 4 nitrogen and oxygen atoms in total. The van der Waals surface area contributed by atoms with Gasteiger partial charge < -0.3 is 8.80 Å². The van der Waals surface area contributed by atoms with Crippen molar-refractivity contribution in [2.45, 2.75) is 39.5 Å². The van der Waals surface area contributed by atoms with Crippen molar-refractivity contribution < 1.29 is 29.8 Å². The first kappa shape index (κ1) is 27.7. The molecule has 43 heavy (non-hydrogen) atoms. The number of pyridine rings is 2. The first-order valence-corrected chi connectivity index (χ1v) is 14.4. The van der Waals surface area contributed by atoms with E-state index in [0.717, 1.165) is 78.9 Å². The molecule has 0 atom stereocenters. The molecule has 214 valence electrons. The van der Waals surface area contributed by atoms with Crippen LogP contribution in [0.5, 0.6) is 0 Å². The number of nitrogens with zero attached hydrogens (tertiary/aromatic N) is 4. The maximum absolute atomic E-state index is 14.3. The van der Waals surface area contributed by atoms with E-state index in [4.69, 9.17) is 9.97 Å². The summed E-state index contributed by atoms with van der Waals surface area (Å²) in [6, 6.07) is 24.6. The van der Waals surface area contributed by atoms with E-state index < -0.39 is 0 Å². The van der Waals surface area contributed by atoms with Gasteiger partial charge in [0.2, 0.25) is 0 Å². The molecule has 0 amide bonds. The molecule has 7 heteroatoms. The second-order valence-corrected chi connectivity index (χ2v) is 10.9. The van der Waals surface area contributed by atoms with Crippen molar-refractivity contribution in [1.82, 2.24) is 18.8 Å². The fraction of sp³-hybridized carbons (Fsp3) is 0.167. The van der Waals surface area contributed by atoms with Gasteiger partial charge in [-0.05, 0) is 47.6 Å². The fourth-order valence-electron chi connectivity index (χ4n) is 6.54. The van der Waals surface area contributed by atoms with Gasteiger partial charge >= 0.3 is 21.1 Å². The van der Waals surface area contributed by atoms with Crippen LogP contribution in [0.2, 0.25) is 0 Å². The van der Waals surface area contributed by atoms with Crippen LogP contribution in [0.1, 0.15) is 36.4 Å². The van der Waals surface area contributed by atoms with Gasteiger partial charge in [-0.2, -0.15) is 0 Å². The molecule has 4 heterocycles. The third-order valence-electron chi connectivity index (χ3n) is 8.47. The first-order chi connectivity index (χ1) is 20.5. The van der Waals surface area contributed by atoms with E-state index in [-0.39, 0.29) is 32.7 Å². The summed E-state index contributed by atoms with van der Waals surface area (Å²) in [6.45, 7) is 4.26. The van der Waals surface area contributed by atoms with E-state index in [2.05, 4.69) is 59.3 Å². The second kappa shape index (κ2) is 10.5. The molecule has 0 bridgehead atoms. The van der Waals surface area contributed by atoms with Gasteiger partial charge in [-0.15, -0.1) is 36.4 Å². The number of hydrogen-bond acceptors (Lipinski definition) is 2. The molecule has 8 aromatic rings. The van der Waals surface area contributed by atoms with Crippen LogP contribution < -0.4 is 0 Å². The molecule has 0 fully saturated rings. The Labute approximate surface area is 261 Å².